The molecule has 3 rings (SSSR count). The van der Waals surface area contributed by atoms with Gasteiger partial charge in [0.05, 0.1) is 12.5 Å². The van der Waals surface area contributed by atoms with E-state index < -0.39 is 0 Å². The summed E-state index contributed by atoms with van der Waals surface area (Å²) in [5.74, 6) is 1.20. The van der Waals surface area contributed by atoms with Crippen molar-refractivity contribution in [2.45, 2.75) is 52.9 Å². The summed E-state index contributed by atoms with van der Waals surface area (Å²) in [6.45, 7) is 8.21. The molecule has 1 aliphatic rings. The van der Waals surface area contributed by atoms with E-state index in [-0.39, 0.29) is 11.8 Å². The van der Waals surface area contributed by atoms with Gasteiger partial charge in [0.15, 0.2) is 5.65 Å². The molecule has 8 nitrogen and oxygen atoms in total. The molecule has 1 N–H and O–H groups in total. The zero-order valence-electron chi connectivity index (χ0n) is 18.7. The second kappa shape index (κ2) is 9.45. The molecule has 0 radical (unpaired) electrons. The number of nitrogens with one attached hydrogen (secondary N) is 1. The minimum Gasteiger partial charge on any atom is -0.479 e. The number of amides is 2. The lowest BCUT2D eigenvalue weighted by Crippen LogP contribution is -2.40. The molecule has 8 heteroatoms. The molecule has 1 atom stereocenters. The number of aromatic nitrogens is 3. The maximum atomic E-state index is 12.3. The summed E-state index contributed by atoms with van der Waals surface area (Å²) < 4.78 is 7.11. The number of hydrogen-bond acceptors (Lipinski definition) is 5. The number of methoxy groups -OCH3 is 1. The van der Waals surface area contributed by atoms with E-state index in [2.05, 4.69) is 22.3 Å². The Labute approximate surface area is 178 Å². The highest BCUT2D eigenvalue weighted by molar-refractivity contribution is 5.86. The first-order valence-electron chi connectivity index (χ1n) is 10.7. The molecule has 164 valence electrons. The highest BCUT2D eigenvalue weighted by atomic mass is 16.5. The number of likely N-dealkylation sites (tertiary alicyclic amines) is 1. The quantitative estimate of drug-likeness (QED) is 0.749. The number of carbonyl (C=O) groups excluding carboxylic acids is 2. The molecule has 0 bridgehead atoms. The van der Waals surface area contributed by atoms with Crippen LogP contribution in [0.1, 0.15) is 49.4 Å². The SMILES string of the molecule is COc1nn(C)c2nc(C)c(CCC(=O)NCCC(=O)N3CCCC(C)C3)c(C)c12. The third-order valence-corrected chi connectivity index (χ3v) is 5.99. The van der Waals surface area contributed by atoms with Crippen LogP contribution in [-0.2, 0) is 23.1 Å². The maximum absolute atomic E-state index is 12.3. The Morgan fingerprint density at radius 1 is 1.27 bits per heavy atom. The van der Waals surface area contributed by atoms with E-state index in [9.17, 15) is 9.59 Å². The Morgan fingerprint density at radius 3 is 2.73 bits per heavy atom. The number of carbonyl (C=O) groups is 2. The van der Waals surface area contributed by atoms with Crippen molar-refractivity contribution in [2.75, 3.05) is 26.7 Å². The molecule has 2 aromatic rings. The van der Waals surface area contributed by atoms with Crippen molar-refractivity contribution < 1.29 is 14.3 Å². The molecule has 0 aliphatic carbocycles. The predicted octanol–water partition coefficient (Wildman–Crippen LogP) is 2.29. The average Bonchev–Trinajstić information content (AvgIpc) is 3.03. The summed E-state index contributed by atoms with van der Waals surface area (Å²) in [5, 5.41) is 8.14. The molecule has 2 amide bonds. The lowest BCUT2D eigenvalue weighted by atomic mass is 10.00. The summed E-state index contributed by atoms with van der Waals surface area (Å²) in [7, 11) is 3.44. The lowest BCUT2D eigenvalue weighted by molar-refractivity contribution is -0.132. The van der Waals surface area contributed by atoms with E-state index >= 15 is 0 Å². The fourth-order valence-corrected chi connectivity index (χ4v) is 4.32. The normalized spacial score (nSPS) is 16.7. The smallest absolute Gasteiger partial charge is 0.242 e. The third-order valence-electron chi connectivity index (χ3n) is 5.99. The van der Waals surface area contributed by atoms with Crippen LogP contribution < -0.4 is 10.1 Å². The fourth-order valence-electron chi connectivity index (χ4n) is 4.32. The van der Waals surface area contributed by atoms with Gasteiger partial charge in [0.25, 0.3) is 0 Å². The van der Waals surface area contributed by atoms with Crippen LogP contribution in [0.4, 0.5) is 0 Å². The van der Waals surface area contributed by atoms with Gasteiger partial charge >= 0.3 is 0 Å². The molecular weight excluding hydrogens is 382 g/mol. The highest BCUT2D eigenvalue weighted by Gasteiger charge is 2.21. The van der Waals surface area contributed by atoms with Crippen LogP contribution in [0.15, 0.2) is 0 Å². The van der Waals surface area contributed by atoms with E-state index in [1.807, 2.05) is 25.8 Å². The molecule has 0 saturated carbocycles. The Morgan fingerprint density at radius 2 is 2.03 bits per heavy atom. The first kappa shape index (κ1) is 22.1. The molecule has 0 aromatic carbocycles. The molecule has 1 aliphatic heterocycles. The van der Waals surface area contributed by atoms with Gasteiger partial charge in [-0.15, -0.1) is 5.10 Å². The second-order valence-corrected chi connectivity index (χ2v) is 8.32. The number of pyridine rings is 1. The number of nitrogens with zero attached hydrogens (tertiary/aromatic N) is 4. The Kier molecular flexibility index (Phi) is 6.95. The van der Waals surface area contributed by atoms with Crippen molar-refractivity contribution in [1.29, 1.82) is 0 Å². The van der Waals surface area contributed by atoms with E-state index in [1.165, 1.54) is 6.42 Å². The van der Waals surface area contributed by atoms with Crippen molar-refractivity contribution in [2.24, 2.45) is 13.0 Å². The molecule has 1 unspecified atom stereocenters. The predicted molar refractivity (Wildman–Crippen MR) is 115 cm³/mol. The molecule has 30 heavy (non-hydrogen) atoms. The van der Waals surface area contributed by atoms with E-state index in [0.717, 1.165) is 47.4 Å². The van der Waals surface area contributed by atoms with Crippen LogP contribution in [0.2, 0.25) is 0 Å². The lowest BCUT2D eigenvalue weighted by Gasteiger charge is -2.31. The Balaban J connectivity index is 1.54. The Bertz CT molecular complexity index is 937. The van der Waals surface area contributed by atoms with Crippen molar-refractivity contribution in [3.05, 3.63) is 16.8 Å². The van der Waals surface area contributed by atoms with Gasteiger partial charge in [-0.25, -0.2) is 9.67 Å². The van der Waals surface area contributed by atoms with Gasteiger partial charge in [-0.2, -0.15) is 0 Å². The van der Waals surface area contributed by atoms with E-state index in [4.69, 9.17) is 4.74 Å². The summed E-state index contributed by atoms with van der Waals surface area (Å²) in [5.41, 5.74) is 3.76. The number of rotatable bonds is 7. The monoisotopic (exact) mass is 415 g/mol. The van der Waals surface area contributed by atoms with Gasteiger partial charge < -0.3 is 15.0 Å². The van der Waals surface area contributed by atoms with Crippen LogP contribution in [0.3, 0.4) is 0 Å². The summed E-state index contributed by atoms with van der Waals surface area (Å²) in [6.07, 6.45) is 3.55. The molecular formula is C22H33N5O3. The maximum Gasteiger partial charge on any atom is 0.242 e. The van der Waals surface area contributed by atoms with Crippen LogP contribution in [0.5, 0.6) is 5.88 Å². The first-order valence-corrected chi connectivity index (χ1v) is 10.7. The minimum atomic E-state index is -0.0492. The van der Waals surface area contributed by atoms with Gasteiger partial charge in [0, 0.05) is 45.2 Å². The summed E-state index contributed by atoms with van der Waals surface area (Å²) >= 11 is 0. The number of aryl methyl sites for hydroxylation is 3. The highest BCUT2D eigenvalue weighted by Crippen LogP contribution is 2.30. The molecule has 1 fully saturated rings. The molecule has 2 aromatic heterocycles. The van der Waals surface area contributed by atoms with E-state index in [1.54, 1.807) is 11.8 Å². The van der Waals surface area contributed by atoms with Crippen molar-refractivity contribution in [1.82, 2.24) is 25.0 Å². The van der Waals surface area contributed by atoms with Crippen molar-refractivity contribution in [3.63, 3.8) is 0 Å². The molecule has 0 spiro atoms. The Hall–Kier alpha value is -2.64. The summed E-state index contributed by atoms with van der Waals surface area (Å²) in [4.78, 5) is 31.3. The molecule has 1 saturated heterocycles. The zero-order valence-corrected chi connectivity index (χ0v) is 18.7. The minimum absolute atomic E-state index is 0.0492. The van der Waals surface area contributed by atoms with Gasteiger partial charge in [-0.1, -0.05) is 6.92 Å². The van der Waals surface area contributed by atoms with Crippen molar-refractivity contribution in [3.8, 4) is 5.88 Å². The van der Waals surface area contributed by atoms with Gasteiger partial charge in [0.1, 0.15) is 0 Å². The third kappa shape index (κ3) is 4.74. The van der Waals surface area contributed by atoms with E-state index in [0.29, 0.717) is 37.6 Å². The number of ether oxygens (including phenoxy) is 1. The van der Waals surface area contributed by atoms with Crippen LogP contribution in [0, 0.1) is 19.8 Å². The standard InChI is InChI=1S/C22H33N5O3/c1-14-7-6-12-27(13-14)19(29)10-11-23-18(28)9-8-17-15(2)20-21(24-16(17)3)26(4)25-22(20)30-5/h14H,6-13H2,1-5H3,(H,23,28). The van der Waals surface area contributed by atoms with Crippen LogP contribution in [0.25, 0.3) is 11.0 Å². The average molecular weight is 416 g/mol. The zero-order chi connectivity index (χ0) is 21.8. The van der Waals surface area contributed by atoms with Crippen LogP contribution >= 0.6 is 0 Å². The number of hydrogen-bond donors (Lipinski definition) is 1. The van der Waals surface area contributed by atoms with Gasteiger partial charge in [-0.3, -0.25) is 9.59 Å². The fraction of sp³-hybridized carbons (Fsp3) is 0.636. The van der Waals surface area contributed by atoms with Crippen LogP contribution in [-0.4, -0.2) is 58.2 Å². The number of fused-ring (bicyclic) bond motifs is 1. The van der Waals surface area contributed by atoms with Gasteiger partial charge in [-0.05, 0) is 50.2 Å². The largest absolute Gasteiger partial charge is 0.479 e. The molecule has 3 heterocycles. The topological polar surface area (TPSA) is 89.3 Å². The second-order valence-electron chi connectivity index (χ2n) is 8.32. The number of piperidine rings is 1. The summed E-state index contributed by atoms with van der Waals surface area (Å²) in [6, 6.07) is 0. The first-order chi connectivity index (χ1) is 14.3. The van der Waals surface area contributed by atoms with Crippen molar-refractivity contribution >= 4 is 22.8 Å². The van der Waals surface area contributed by atoms with Gasteiger partial charge in [0.2, 0.25) is 17.7 Å².